The first kappa shape index (κ1) is 15.2. The predicted molar refractivity (Wildman–Crippen MR) is 77.4 cm³/mol. The Bertz CT molecular complexity index is 743. The van der Waals surface area contributed by atoms with E-state index in [1.165, 1.54) is 37.3 Å². The van der Waals surface area contributed by atoms with Crippen LogP contribution in [0.4, 0.5) is 20.2 Å². The molecule has 0 fully saturated rings. The van der Waals surface area contributed by atoms with Gasteiger partial charge in [0.2, 0.25) is 0 Å². The number of hydrogen-bond acceptors (Lipinski definition) is 3. The van der Waals surface area contributed by atoms with Gasteiger partial charge >= 0.3 is 0 Å². The molecule has 0 amide bonds. The van der Waals surface area contributed by atoms with E-state index >= 15 is 0 Å². The van der Waals surface area contributed by atoms with E-state index in [0.29, 0.717) is 0 Å². The molecular weight excluding hydrogens is 298 g/mol. The van der Waals surface area contributed by atoms with Gasteiger partial charge in [-0.2, -0.15) is 0 Å². The Morgan fingerprint density at radius 2 is 1.67 bits per heavy atom. The maximum Gasteiger partial charge on any atom is 0.269 e. The molecule has 0 aliphatic heterocycles. The zero-order valence-corrected chi connectivity index (χ0v) is 12.1. The summed E-state index contributed by atoms with van der Waals surface area (Å²) in [5.41, 5.74) is 5.21. The monoisotopic (exact) mass is 312 g/mol. The lowest BCUT2D eigenvalue weighted by molar-refractivity contribution is 0.563. The standard InChI is InChI=1S/C14H14F2N2O2S/c1-2-18(13-9-4-3-6-10(13)15)21(19,20)14-11(16)7-5-8-12(14)17/h3-9H,2,17H2,1H3. The fourth-order valence-corrected chi connectivity index (χ4v) is 3.68. The SMILES string of the molecule is CCN(c1ccccc1F)S(=O)(=O)c1c(N)cccc1F. The molecule has 0 atom stereocenters. The summed E-state index contributed by atoms with van der Waals surface area (Å²) in [5.74, 6) is -1.68. The van der Waals surface area contributed by atoms with Crippen LogP contribution in [0.3, 0.4) is 0 Å². The number of nitrogen functional groups attached to an aromatic ring is 1. The Balaban J connectivity index is 2.64. The van der Waals surface area contributed by atoms with Gasteiger partial charge in [0.1, 0.15) is 16.5 Å². The van der Waals surface area contributed by atoms with Crippen molar-refractivity contribution in [3.8, 4) is 0 Å². The molecule has 2 aromatic rings. The molecule has 0 aromatic heterocycles. The molecule has 7 heteroatoms. The molecule has 0 bridgehead atoms. The van der Waals surface area contributed by atoms with Crippen LogP contribution in [0.1, 0.15) is 6.92 Å². The molecule has 0 saturated heterocycles. The van der Waals surface area contributed by atoms with Gasteiger partial charge in [-0.1, -0.05) is 18.2 Å². The van der Waals surface area contributed by atoms with E-state index in [-0.39, 0.29) is 17.9 Å². The molecule has 2 rings (SSSR count). The van der Waals surface area contributed by atoms with Crippen molar-refractivity contribution < 1.29 is 17.2 Å². The number of para-hydroxylation sites is 1. The van der Waals surface area contributed by atoms with Gasteiger partial charge in [-0.25, -0.2) is 17.2 Å². The second-order valence-electron chi connectivity index (χ2n) is 4.28. The fraction of sp³-hybridized carbons (Fsp3) is 0.143. The number of nitrogens with zero attached hydrogens (tertiary/aromatic N) is 1. The molecule has 21 heavy (non-hydrogen) atoms. The quantitative estimate of drug-likeness (QED) is 0.883. The van der Waals surface area contributed by atoms with Gasteiger partial charge in [-0.05, 0) is 31.2 Å². The molecule has 0 aliphatic carbocycles. The van der Waals surface area contributed by atoms with Crippen molar-refractivity contribution in [3.63, 3.8) is 0 Å². The predicted octanol–water partition coefficient (Wildman–Crippen LogP) is 2.76. The van der Waals surface area contributed by atoms with E-state index in [0.717, 1.165) is 16.4 Å². The van der Waals surface area contributed by atoms with Gasteiger partial charge in [0.25, 0.3) is 10.0 Å². The Labute approximate surface area is 121 Å². The van der Waals surface area contributed by atoms with Crippen LogP contribution in [0.2, 0.25) is 0 Å². The van der Waals surface area contributed by atoms with Crippen molar-refractivity contribution in [1.82, 2.24) is 0 Å². The van der Waals surface area contributed by atoms with E-state index in [2.05, 4.69) is 0 Å². The first-order valence-electron chi connectivity index (χ1n) is 6.20. The lowest BCUT2D eigenvalue weighted by atomic mass is 10.3. The minimum atomic E-state index is -4.29. The smallest absolute Gasteiger partial charge is 0.269 e. The molecule has 4 nitrogen and oxygen atoms in total. The topological polar surface area (TPSA) is 63.4 Å². The molecule has 0 saturated carbocycles. The fourth-order valence-electron chi connectivity index (χ4n) is 2.03. The summed E-state index contributed by atoms with van der Waals surface area (Å²) in [5, 5.41) is 0. The third-order valence-electron chi connectivity index (χ3n) is 2.95. The van der Waals surface area contributed by atoms with Crippen molar-refractivity contribution in [3.05, 3.63) is 54.1 Å². The lowest BCUT2D eigenvalue weighted by Gasteiger charge is -2.24. The van der Waals surface area contributed by atoms with E-state index < -0.39 is 26.6 Å². The first-order chi connectivity index (χ1) is 9.89. The van der Waals surface area contributed by atoms with Crippen LogP contribution in [-0.4, -0.2) is 15.0 Å². The van der Waals surface area contributed by atoms with Gasteiger partial charge in [0, 0.05) is 6.54 Å². The summed E-state index contributed by atoms with van der Waals surface area (Å²) < 4.78 is 53.7. The van der Waals surface area contributed by atoms with Crippen LogP contribution in [0, 0.1) is 11.6 Å². The van der Waals surface area contributed by atoms with Crippen molar-refractivity contribution in [2.24, 2.45) is 0 Å². The largest absolute Gasteiger partial charge is 0.398 e. The van der Waals surface area contributed by atoms with E-state index in [4.69, 9.17) is 5.73 Å². The minimum Gasteiger partial charge on any atom is -0.398 e. The summed E-state index contributed by atoms with van der Waals surface area (Å²) in [6, 6.07) is 8.98. The zero-order chi connectivity index (χ0) is 15.6. The van der Waals surface area contributed by atoms with Gasteiger partial charge < -0.3 is 5.73 Å². The maximum atomic E-state index is 13.9. The van der Waals surface area contributed by atoms with Gasteiger partial charge in [0.15, 0.2) is 0 Å². The molecule has 0 heterocycles. The number of nitrogens with two attached hydrogens (primary N) is 1. The number of sulfonamides is 1. The summed E-state index contributed by atoms with van der Waals surface area (Å²) >= 11 is 0. The molecule has 2 aromatic carbocycles. The molecule has 112 valence electrons. The lowest BCUT2D eigenvalue weighted by Crippen LogP contribution is -2.32. The average Bonchev–Trinajstić information content (AvgIpc) is 2.41. The van der Waals surface area contributed by atoms with Crippen LogP contribution < -0.4 is 10.0 Å². The number of anilines is 2. The van der Waals surface area contributed by atoms with Crippen molar-refractivity contribution >= 4 is 21.4 Å². The second-order valence-corrected chi connectivity index (χ2v) is 6.08. The molecular formula is C14H14F2N2O2S. The normalized spacial score (nSPS) is 11.4. The minimum absolute atomic E-state index is 0.0585. The highest BCUT2D eigenvalue weighted by Crippen LogP contribution is 2.30. The molecule has 0 aliphatic rings. The third kappa shape index (κ3) is 2.69. The Morgan fingerprint density at radius 1 is 1.05 bits per heavy atom. The molecule has 0 unspecified atom stereocenters. The molecule has 2 N–H and O–H groups in total. The zero-order valence-electron chi connectivity index (χ0n) is 11.3. The van der Waals surface area contributed by atoms with Crippen molar-refractivity contribution in [2.75, 3.05) is 16.6 Å². The van der Waals surface area contributed by atoms with Gasteiger partial charge in [-0.3, -0.25) is 4.31 Å². The number of rotatable bonds is 4. The Morgan fingerprint density at radius 3 is 2.24 bits per heavy atom. The summed E-state index contributed by atoms with van der Waals surface area (Å²) in [4.78, 5) is -0.643. The van der Waals surface area contributed by atoms with Crippen LogP contribution in [0.5, 0.6) is 0 Å². The van der Waals surface area contributed by atoms with Crippen LogP contribution in [-0.2, 0) is 10.0 Å². The highest BCUT2D eigenvalue weighted by Gasteiger charge is 2.30. The van der Waals surface area contributed by atoms with Crippen molar-refractivity contribution in [2.45, 2.75) is 11.8 Å². The third-order valence-corrected chi connectivity index (χ3v) is 4.94. The van der Waals surface area contributed by atoms with Crippen LogP contribution >= 0.6 is 0 Å². The Hall–Kier alpha value is -2.15. The van der Waals surface area contributed by atoms with Crippen molar-refractivity contribution in [1.29, 1.82) is 0 Å². The van der Waals surface area contributed by atoms with Crippen LogP contribution in [0.25, 0.3) is 0 Å². The molecule has 0 radical (unpaired) electrons. The van der Waals surface area contributed by atoms with E-state index in [1.54, 1.807) is 0 Å². The maximum absolute atomic E-state index is 13.9. The van der Waals surface area contributed by atoms with Gasteiger partial charge in [0.05, 0.1) is 11.4 Å². The number of benzene rings is 2. The Kier molecular flexibility index (Phi) is 4.13. The highest BCUT2D eigenvalue weighted by molar-refractivity contribution is 7.93. The highest BCUT2D eigenvalue weighted by atomic mass is 32.2. The van der Waals surface area contributed by atoms with Gasteiger partial charge in [-0.15, -0.1) is 0 Å². The summed E-state index contributed by atoms with van der Waals surface area (Å²) in [7, 11) is -4.29. The molecule has 0 spiro atoms. The summed E-state index contributed by atoms with van der Waals surface area (Å²) in [6.45, 7) is 1.47. The second kappa shape index (κ2) is 5.69. The average molecular weight is 312 g/mol. The number of halogens is 2. The van der Waals surface area contributed by atoms with Crippen LogP contribution in [0.15, 0.2) is 47.4 Å². The summed E-state index contributed by atoms with van der Waals surface area (Å²) in [6.07, 6.45) is 0. The van der Waals surface area contributed by atoms with E-state index in [9.17, 15) is 17.2 Å². The number of hydrogen-bond donors (Lipinski definition) is 1. The first-order valence-corrected chi connectivity index (χ1v) is 7.65. The van der Waals surface area contributed by atoms with E-state index in [1.807, 2.05) is 0 Å².